The summed E-state index contributed by atoms with van der Waals surface area (Å²) in [5.74, 6) is 3.26. The Morgan fingerprint density at radius 2 is 2.22 bits per heavy atom. The summed E-state index contributed by atoms with van der Waals surface area (Å²) in [6.45, 7) is 9.99. The van der Waals surface area contributed by atoms with Crippen molar-refractivity contribution in [3.63, 3.8) is 0 Å². The number of anilines is 2. The zero-order chi connectivity index (χ0) is 19.0. The van der Waals surface area contributed by atoms with Gasteiger partial charge < -0.3 is 20.4 Å². The molecule has 1 saturated heterocycles. The maximum absolute atomic E-state index is 6.14. The zero-order valence-corrected chi connectivity index (χ0v) is 15.9. The third-order valence-electron chi connectivity index (χ3n) is 5.21. The molecule has 1 saturated carbocycles. The predicted molar refractivity (Wildman–Crippen MR) is 109 cm³/mol. The fraction of sp³-hybridized carbons (Fsp3) is 0.450. The first-order valence-corrected chi connectivity index (χ1v) is 9.46. The van der Waals surface area contributed by atoms with E-state index in [-0.39, 0.29) is 6.04 Å². The van der Waals surface area contributed by atoms with E-state index >= 15 is 0 Å². The Morgan fingerprint density at radius 3 is 2.89 bits per heavy atom. The summed E-state index contributed by atoms with van der Waals surface area (Å²) >= 11 is 0. The number of nitrogen functional groups attached to an aromatic ring is 1. The molecule has 3 N–H and O–H groups in total. The molecule has 1 aliphatic carbocycles. The van der Waals surface area contributed by atoms with Crippen molar-refractivity contribution in [2.45, 2.75) is 38.6 Å². The van der Waals surface area contributed by atoms with Crippen molar-refractivity contribution in [3.05, 3.63) is 35.3 Å². The average Bonchev–Trinajstić information content (AvgIpc) is 3.43. The number of nitrogens with one attached hydrogen (secondary N) is 1. The third-order valence-corrected chi connectivity index (χ3v) is 5.21. The lowest BCUT2D eigenvalue weighted by Gasteiger charge is -2.34. The van der Waals surface area contributed by atoms with Crippen molar-refractivity contribution < 1.29 is 4.74 Å². The van der Waals surface area contributed by atoms with Crippen LogP contribution in [0.25, 0.3) is 5.57 Å². The van der Waals surface area contributed by atoms with E-state index in [1.165, 1.54) is 18.5 Å². The highest BCUT2D eigenvalue weighted by Crippen LogP contribution is 2.43. The molecular formula is C20H26N6O. The minimum Gasteiger partial charge on any atom is -0.384 e. The van der Waals surface area contributed by atoms with Gasteiger partial charge in [0, 0.05) is 29.4 Å². The number of H-pyrrole nitrogens is 1. The number of nitrogens with two attached hydrogens (primary N) is 1. The number of morpholine rings is 1. The molecule has 0 spiro atoms. The zero-order valence-electron chi connectivity index (χ0n) is 15.9. The van der Waals surface area contributed by atoms with Crippen LogP contribution < -0.4 is 10.6 Å². The van der Waals surface area contributed by atoms with Crippen molar-refractivity contribution in [2.75, 3.05) is 30.4 Å². The summed E-state index contributed by atoms with van der Waals surface area (Å²) in [6, 6.07) is 4.23. The van der Waals surface area contributed by atoms with Gasteiger partial charge in [0.1, 0.15) is 17.5 Å². The second-order valence-corrected chi connectivity index (χ2v) is 7.21. The van der Waals surface area contributed by atoms with Crippen molar-refractivity contribution in [1.29, 1.82) is 0 Å². The molecule has 1 unspecified atom stereocenters. The molecule has 0 bridgehead atoms. The smallest absolute Gasteiger partial charge is 0.164 e. The molecule has 0 aromatic carbocycles. The van der Waals surface area contributed by atoms with E-state index in [9.17, 15) is 0 Å². The second kappa shape index (κ2) is 7.15. The Kier molecular flexibility index (Phi) is 4.70. The summed E-state index contributed by atoms with van der Waals surface area (Å²) in [6.07, 6.45) is 4.45. The first kappa shape index (κ1) is 17.7. The van der Waals surface area contributed by atoms with Gasteiger partial charge >= 0.3 is 0 Å². The Bertz CT molecular complexity index is 883. The minimum atomic E-state index is 0.245. The van der Waals surface area contributed by atoms with Crippen LogP contribution in [0.4, 0.5) is 17.5 Å². The van der Waals surface area contributed by atoms with Crippen molar-refractivity contribution in [2.24, 2.45) is 4.99 Å². The highest BCUT2D eigenvalue weighted by molar-refractivity contribution is 5.83. The summed E-state index contributed by atoms with van der Waals surface area (Å²) in [5, 5.41) is 0. The van der Waals surface area contributed by atoms with Crippen LogP contribution >= 0.6 is 0 Å². The van der Waals surface area contributed by atoms with Crippen molar-refractivity contribution in [1.82, 2.24) is 15.0 Å². The van der Waals surface area contributed by atoms with E-state index < -0.39 is 0 Å². The number of rotatable bonds is 5. The molecule has 1 aliphatic heterocycles. The Hall–Kier alpha value is -2.67. The van der Waals surface area contributed by atoms with Crippen LogP contribution in [0.2, 0.25) is 0 Å². The van der Waals surface area contributed by atoms with Crippen LogP contribution in [0.5, 0.6) is 0 Å². The largest absolute Gasteiger partial charge is 0.384 e. The van der Waals surface area contributed by atoms with E-state index in [1.807, 2.05) is 19.1 Å². The molecule has 142 valence electrons. The second-order valence-electron chi connectivity index (χ2n) is 7.21. The molecule has 1 atom stereocenters. The topological polar surface area (TPSA) is 92.4 Å². The Labute approximate surface area is 159 Å². The van der Waals surface area contributed by atoms with Gasteiger partial charge in [-0.2, -0.15) is 0 Å². The van der Waals surface area contributed by atoms with Gasteiger partial charge in [-0.25, -0.2) is 15.0 Å². The Balaban J connectivity index is 1.74. The number of ether oxygens (including phenoxy) is 1. The number of aromatic amines is 1. The lowest BCUT2D eigenvalue weighted by atomic mass is 10.1. The van der Waals surface area contributed by atoms with Crippen LogP contribution in [0.3, 0.4) is 0 Å². The van der Waals surface area contributed by atoms with E-state index in [0.717, 1.165) is 29.3 Å². The molecule has 0 amide bonds. The van der Waals surface area contributed by atoms with E-state index in [1.54, 1.807) is 0 Å². The highest BCUT2D eigenvalue weighted by atomic mass is 16.5. The van der Waals surface area contributed by atoms with Crippen LogP contribution in [-0.2, 0) is 4.74 Å². The van der Waals surface area contributed by atoms with Gasteiger partial charge in [0.25, 0.3) is 0 Å². The molecule has 2 aliphatic rings. The van der Waals surface area contributed by atoms with Crippen LogP contribution in [0.15, 0.2) is 23.2 Å². The van der Waals surface area contributed by atoms with Gasteiger partial charge in [0.15, 0.2) is 5.82 Å². The molecule has 4 rings (SSSR count). The molecule has 7 nitrogen and oxygen atoms in total. The summed E-state index contributed by atoms with van der Waals surface area (Å²) in [5.41, 5.74) is 9.23. The lowest BCUT2D eigenvalue weighted by molar-refractivity contribution is 0.0985. The van der Waals surface area contributed by atoms with Crippen LogP contribution in [0.1, 0.15) is 49.7 Å². The highest BCUT2D eigenvalue weighted by Gasteiger charge is 2.28. The van der Waals surface area contributed by atoms with E-state index in [0.29, 0.717) is 30.8 Å². The number of aromatic nitrogens is 3. The lowest BCUT2D eigenvalue weighted by Crippen LogP contribution is -2.44. The molecule has 7 heteroatoms. The molecule has 3 heterocycles. The Morgan fingerprint density at radius 1 is 1.41 bits per heavy atom. The number of hydrogen-bond acceptors (Lipinski definition) is 6. The van der Waals surface area contributed by atoms with Gasteiger partial charge in [-0.3, -0.25) is 0 Å². The van der Waals surface area contributed by atoms with E-state index in [2.05, 4.69) is 39.6 Å². The number of aliphatic imine (C=N–C) groups is 1. The minimum absolute atomic E-state index is 0.245. The number of hydrogen-bond donors (Lipinski definition) is 2. The van der Waals surface area contributed by atoms with Gasteiger partial charge in [0.05, 0.1) is 19.3 Å². The van der Waals surface area contributed by atoms with E-state index in [4.69, 9.17) is 15.5 Å². The molecule has 2 fully saturated rings. The summed E-state index contributed by atoms with van der Waals surface area (Å²) in [7, 11) is 0. The average molecular weight is 366 g/mol. The quantitative estimate of drug-likeness (QED) is 0.792. The van der Waals surface area contributed by atoms with Gasteiger partial charge in [-0.05, 0) is 45.4 Å². The van der Waals surface area contributed by atoms with Crippen LogP contribution in [-0.4, -0.2) is 47.5 Å². The molecular weight excluding hydrogens is 340 g/mol. The maximum atomic E-state index is 6.14. The SMILES string of the molecule is C=Nc1[nH]c(C2CC2)cc1/C(=C\C)c1nc(N)cc(N2CCOCC2C)n1. The number of allylic oxidation sites excluding steroid dienone is 1. The molecule has 0 radical (unpaired) electrons. The third kappa shape index (κ3) is 3.47. The van der Waals surface area contributed by atoms with Crippen molar-refractivity contribution in [3.8, 4) is 0 Å². The fourth-order valence-electron chi connectivity index (χ4n) is 3.60. The van der Waals surface area contributed by atoms with Gasteiger partial charge in [0.2, 0.25) is 0 Å². The monoisotopic (exact) mass is 366 g/mol. The van der Waals surface area contributed by atoms with Crippen LogP contribution in [0, 0.1) is 0 Å². The first-order chi connectivity index (χ1) is 13.1. The molecule has 27 heavy (non-hydrogen) atoms. The van der Waals surface area contributed by atoms with Crippen molar-refractivity contribution >= 4 is 29.7 Å². The summed E-state index contributed by atoms with van der Waals surface area (Å²) in [4.78, 5) is 19.1. The predicted octanol–water partition coefficient (Wildman–Crippen LogP) is 3.27. The summed E-state index contributed by atoms with van der Waals surface area (Å²) < 4.78 is 5.54. The van der Waals surface area contributed by atoms with Gasteiger partial charge in [-0.15, -0.1) is 0 Å². The normalized spacial score (nSPS) is 20.7. The molecule has 2 aromatic rings. The maximum Gasteiger partial charge on any atom is 0.164 e. The number of nitrogens with zero attached hydrogens (tertiary/aromatic N) is 4. The van der Waals surface area contributed by atoms with Gasteiger partial charge in [-0.1, -0.05) is 6.08 Å². The molecule has 2 aromatic heterocycles. The first-order valence-electron chi connectivity index (χ1n) is 9.46. The fourth-order valence-corrected chi connectivity index (χ4v) is 3.60. The standard InChI is InChI=1S/C20H26N6O/c1-4-14(15-9-16(13-5-6-13)23-19(15)22-3)20-24-17(21)10-18(25-20)26-7-8-27-11-12(26)2/h4,9-10,12-13,23H,3,5-8,11H2,1-2H3,(H2,21,24,25)/b14-4+.